The van der Waals surface area contributed by atoms with Gasteiger partial charge in [-0.15, -0.1) is 0 Å². The van der Waals surface area contributed by atoms with E-state index >= 15 is 0 Å². The van der Waals surface area contributed by atoms with E-state index < -0.39 is 0 Å². The van der Waals surface area contributed by atoms with E-state index in [0.717, 1.165) is 24.4 Å². The Morgan fingerprint density at radius 3 is 2.69 bits per heavy atom. The zero-order chi connectivity index (χ0) is 9.84. The third kappa shape index (κ3) is 2.68. The Hall–Kier alpha value is 0.415. The van der Waals surface area contributed by atoms with Crippen molar-refractivity contribution < 1.29 is 0 Å². The average Bonchev–Trinajstić information content (AvgIpc) is 2.11. The van der Waals surface area contributed by atoms with Gasteiger partial charge < -0.3 is 0 Å². The molecule has 1 fully saturated rings. The summed E-state index contributed by atoms with van der Waals surface area (Å²) in [6, 6.07) is 0. The Morgan fingerprint density at radius 2 is 2.23 bits per heavy atom. The van der Waals surface area contributed by atoms with Crippen LogP contribution in [0.1, 0.15) is 26.7 Å². The van der Waals surface area contributed by atoms with Crippen LogP contribution in [0.15, 0.2) is 0 Å². The Balaban J connectivity index is 2.32. The molecule has 0 amide bonds. The first-order valence-electron chi connectivity index (χ1n) is 5.69. The first kappa shape index (κ1) is 11.5. The molecule has 0 radical (unpaired) electrons. The van der Waals surface area contributed by atoms with Crippen LogP contribution in [0, 0.1) is 11.8 Å². The van der Waals surface area contributed by atoms with Crippen LogP contribution in [0.4, 0.5) is 0 Å². The maximum absolute atomic E-state index is 2.44. The van der Waals surface area contributed by atoms with Crippen LogP contribution in [0.5, 0.6) is 0 Å². The van der Waals surface area contributed by atoms with Gasteiger partial charge in [-0.2, -0.15) is 11.8 Å². The highest BCUT2D eigenvalue weighted by molar-refractivity contribution is 7.98. The quantitative estimate of drug-likeness (QED) is 0.603. The van der Waals surface area contributed by atoms with Crippen LogP contribution in [0.2, 0.25) is 19.0 Å². The second-order valence-electron chi connectivity index (χ2n) is 4.72. The maximum Gasteiger partial charge on any atom is 0.140 e. The van der Waals surface area contributed by atoms with Crippen LogP contribution in [-0.4, -0.2) is 18.7 Å². The molecule has 13 heavy (non-hydrogen) atoms. The highest BCUT2D eigenvalue weighted by Gasteiger charge is 2.41. The molecule has 0 nitrogen and oxygen atoms in total. The fourth-order valence-electron chi connectivity index (χ4n) is 2.94. The van der Waals surface area contributed by atoms with Gasteiger partial charge in [0.05, 0.1) is 0 Å². The predicted molar refractivity (Wildman–Crippen MR) is 66.1 cm³/mol. The highest BCUT2D eigenvalue weighted by atomic mass is 32.2. The number of hydrogen-bond acceptors (Lipinski definition) is 1. The molecule has 0 aromatic carbocycles. The van der Waals surface area contributed by atoms with E-state index in [-0.39, 0.29) is 0 Å². The lowest BCUT2D eigenvalue weighted by Gasteiger charge is -2.45. The molecule has 1 rings (SSSR count). The van der Waals surface area contributed by atoms with E-state index in [1.165, 1.54) is 24.9 Å². The van der Waals surface area contributed by atoms with E-state index in [4.69, 9.17) is 0 Å². The zero-order valence-electron chi connectivity index (χ0n) is 9.55. The van der Waals surface area contributed by atoms with Crippen molar-refractivity contribution in [2.45, 2.75) is 45.6 Å². The van der Waals surface area contributed by atoms with E-state index in [0.29, 0.717) is 0 Å². The summed E-state index contributed by atoms with van der Waals surface area (Å²) in [5.41, 5.74) is 0. The van der Waals surface area contributed by atoms with E-state index in [9.17, 15) is 0 Å². The zero-order valence-corrected chi connectivity index (χ0v) is 10.4. The lowest BCUT2D eigenvalue weighted by molar-refractivity contribution is 0.349. The Labute approximate surface area is 88.3 Å². The maximum atomic E-state index is 2.44. The Morgan fingerprint density at radius 1 is 1.54 bits per heavy atom. The number of hydrogen-bond donors (Lipinski definition) is 0. The molecular weight excluding hydrogens is 175 g/mol. The fraction of sp³-hybridized carbons (Fsp3) is 1.00. The van der Waals surface area contributed by atoms with Crippen molar-refractivity contribution in [1.29, 1.82) is 0 Å². The van der Waals surface area contributed by atoms with Gasteiger partial charge in [0.2, 0.25) is 0 Å². The highest BCUT2D eigenvalue weighted by Crippen LogP contribution is 2.48. The van der Waals surface area contributed by atoms with E-state index in [1.807, 2.05) is 11.8 Å². The summed E-state index contributed by atoms with van der Waals surface area (Å²) in [4.78, 5) is 0. The molecule has 3 unspecified atom stereocenters. The minimum atomic E-state index is 0.954. The molecule has 0 aliphatic carbocycles. The summed E-state index contributed by atoms with van der Waals surface area (Å²) in [5.74, 6) is 4.41. The molecule has 3 atom stereocenters. The molecule has 76 valence electrons. The fourth-order valence-corrected chi connectivity index (χ4v) is 3.48. The van der Waals surface area contributed by atoms with Crippen LogP contribution in [0.3, 0.4) is 0 Å². The van der Waals surface area contributed by atoms with Gasteiger partial charge in [0, 0.05) is 0 Å². The smallest absolute Gasteiger partial charge is 0.140 e. The van der Waals surface area contributed by atoms with Gasteiger partial charge >= 0.3 is 0 Å². The van der Waals surface area contributed by atoms with Crippen LogP contribution < -0.4 is 0 Å². The van der Waals surface area contributed by atoms with Crippen molar-refractivity contribution in [1.82, 2.24) is 0 Å². The summed E-state index contributed by atoms with van der Waals surface area (Å²) in [6.07, 6.45) is 6.54. The molecule has 1 saturated heterocycles. The molecule has 0 bridgehead atoms. The molecule has 0 aromatic heterocycles. The van der Waals surface area contributed by atoms with Crippen molar-refractivity contribution in [2.75, 3.05) is 12.0 Å². The van der Waals surface area contributed by atoms with Crippen molar-refractivity contribution in [2.24, 2.45) is 11.8 Å². The molecule has 1 aliphatic heterocycles. The lowest BCUT2D eigenvalue weighted by atomic mass is 9.24. The monoisotopic (exact) mass is 198 g/mol. The van der Waals surface area contributed by atoms with Crippen molar-refractivity contribution >= 4 is 18.5 Å². The third-order valence-corrected chi connectivity index (χ3v) is 4.51. The normalized spacial score (nSPS) is 30.0. The number of rotatable bonds is 5. The van der Waals surface area contributed by atoms with Gasteiger partial charge in [-0.1, -0.05) is 45.1 Å². The third-order valence-electron chi connectivity index (χ3n) is 3.87. The van der Waals surface area contributed by atoms with Crippen molar-refractivity contribution in [3.05, 3.63) is 0 Å². The van der Waals surface area contributed by atoms with Gasteiger partial charge in [-0.25, -0.2) is 0 Å². The van der Waals surface area contributed by atoms with Gasteiger partial charge in [-0.05, 0) is 24.3 Å². The first-order chi connectivity index (χ1) is 6.20. The molecule has 0 spiro atoms. The van der Waals surface area contributed by atoms with Crippen molar-refractivity contribution in [3.63, 3.8) is 0 Å². The summed E-state index contributed by atoms with van der Waals surface area (Å²) >= 11 is 2.00. The van der Waals surface area contributed by atoms with E-state index in [1.54, 1.807) is 0 Å². The largest absolute Gasteiger partial charge is 0.165 e. The molecule has 1 heterocycles. The van der Waals surface area contributed by atoms with Crippen LogP contribution in [0.25, 0.3) is 0 Å². The lowest BCUT2D eigenvalue weighted by Crippen LogP contribution is -2.41. The number of thioether (sulfide) groups is 1. The van der Waals surface area contributed by atoms with Gasteiger partial charge in [0.1, 0.15) is 6.71 Å². The Bertz CT molecular complexity index is 149. The van der Waals surface area contributed by atoms with Gasteiger partial charge in [0.25, 0.3) is 0 Å². The second kappa shape index (κ2) is 5.33. The van der Waals surface area contributed by atoms with Crippen molar-refractivity contribution in [3.8, 4) is 0 Å². The van der Waals surface area contributed by atoms with E-state index in [2.05, 4.69) is 26.9 Å². The molecule has 0 N–H and O–H groups in total. The molecule has 0 aromatic rings. The topological polar surface area (TPSA) is 0 Å². The molecule has 2 heteroatoms. The molecule has 1 aliphatic rings. The summed E-state index contributed by atoms with van der Waals surface area (Å²) in [6.45, 7) is 8.21. The van der Waals surface area contributed by atoms with Crippen LogP contribution >= 0.6 is 11.8 Å². The summed E-state index contributed by atoms with van der Waals surface area (Å²) in [5, 5.41) is 0. The first-order valence-corrected chi connectivity index (χ1v) is 7.09. The van der Waals surface area contributed by atoms with Gasteiger partial charge in [-0.3, -0.25) is 0 Å². The minimum Gasteiger partial charge on any atom is -0.165 e. The SMILES string of the molecule is CCC(C)C1B(C)CC1CCSC. The van der Waals surface area contributed by atoms with Gasteiger partial charge in [0.15, 0.2) is 0 Å². The summed E-state index contributed by atoms with van der Waals surface area (Å²) < 4.78 is 0. The molecular formula is C11H23BS. The second-order valence-corrected chi connectivity index (χ2v) is 5.70. The standard InChI is InChI=1S/C11H23BS/c1-5-9(2)11-10(6-7-13-4)8-12(11)3/h9-11H,5-8H2,1-4H3. The predicted octanol–water partition coefficient (Wildman–Crippen LogP) is 3.91. The Kier molecular flexibility index (Phi) is 4.71. The van der Waals surface area contributed by atoms with Crippen LogP contribution in [-0.2, 0) is 0 Å². The average molecular weight is 198 g/mol. The molecule has 0 saturated carbocycles. The minimum absolute atomic E-state index is 0.954. The summed E-state index contributed by atoms with van der Waals surface area (Å²) in [7, 11) is 0.